The van der Waals surface area contributed by atoms with Gasteiger partial charge >= 0.3 is 6.03 Å². The number of urea groups is 1. The van der Waals surface area contributed by atoms with Crippen LogP contribution in [0.2, 0.25) is 0 Å². The maximum Gasteiger partial charge on any atom is 0.321 e. The molecule has 2 aromatic carbocycles. The van der Waals surface area contributed by atoms with Crippen LogP contribution < -0.4 is 10.6 Å². The molecule has 0 unspecified atom stereocenters. The van der Waals surface area contributed by atoms with Gasteiger partial charge in [-0.25, -0.2) is 14.5 Å². The molecular formula is C21H18N6O. The molecule has 4 aromatic rings. The number of terminal acetylenes is 1. The lowest BCUT2D eigenvalue weighted by molar-refractivity contribution is 0.252. The van der Waals surface area contributed by atoms with Crippen LogP contribution in [0.25, 0.3) is 27.8 Å². The molecule has 28 heavy (non-hydrogen) atoms. The number of imidazole rings is 1. The first-order valence-electron chi connectivity index (χ1n) is 8.83. The van der Waals surface area contributed by atoms with Crippen LogP contribution >= 0.6 is 0 Å². The summed E-state index contributed by atoms with van der Waals surface area (Å²) in [5, 5.41) is 9.73. The van der Waals surface area contributed by atoms with Crippen molar-refractivity contribution in [3.63, 3.8) is 0 Å². The molecular weight excluding hydrogens is 352 g/mol. The van der Waals surface area contributed by atoms with Gasteiger partial charge in [-0.3, -0.25) is 5.32 Å². The highest BCUT2D eigenvalue weighted by Crippen LogP contribution is 2.30. The van der Waals surface area contributed by atoms with Crippen LogP contribution in [0.15, 0.2) is 54.9 Å². The number of aromatic amines is 1. The zero-order valence-corrected chi connectivity index (χ0v) is 15.2. The fourth-order valence-electron chi connectivity index (χ4n) is 3.01. The van der Waals surface area contributed by atoms with Crippen molar-refractivity contribution in [3.8, 4) is 29.2 Å². The van der Waals surface area contributed by atoms with Gasteiger partial charge in [-0.1, -0.05) is 18.1 Å². The third kappa shape index (κ3) is 3.31. The lowest BCUT2D eigenvalue weighted by Gasteiger charge is -2.08. The van der Waals surface area contributed by atoms with Crippen LogP contribution in [-0.2, 0) is 0 Å². The molecule has 2 amide bonds. The van der Waals surface area contributed by atoms with E-state index in [2.05, 4.69) is 31.6 Å². The number of rotatable bonds is 4. The molecule has 138 valence electrons. The number of amides is 2. The van der Waals surface area contributed by atoms with Gasteiger partial charge in [0.1, 0.15) is 5.52 Å². The van der Waals surface area contributed by atoms with E-state index >= 15 is 0 Å². The number of aromatic nitrogens is 4. The van der Waals surface area contributed by atoms with Crippen molar-refractivity contribution in [2.75, 3.05) is 11.9 Å². The Morgan fingerprint density at radius 2 is 2.14 bits per heavy atom. The van der Waals surface area contributed by atoms with Crippen LogP contribution in [0.3, 0.4) is 0 Å². The minimum Gasteiger partial charge on any atom is -0.338 e. The second-order valence-corrected chi connectivity index (χ2v) is 6.14. The van der Waals surface area contributed by atoms with Gasteiger partial charge in [0.2, 0.25) is 5.95 Å². The summed E-state index contributed by atoms with van der Waals surface area (Å²) in [6.07, 6.45) is 9.10. The van der Waals surface area contributed by atoms with Gasteiger partial charge in [0, 0.05) is 24.5 Å². The fourth-order valence-corrected chi connectivity index (χ4v) is 3.01. The van der Waals surface area contributed by atoms with Crippen LogP contribution in [0.4, 0.5) is 10.7 Å². The molecule has 7 nitrogen and oxygen atoms in total. The van der Waals surface area contributed by atoms with E-state index < -0.39 is 0 Å². The highest BCUT2D eigenvalue weighted by Gasteiger charge is 2.14. The Morgan fingerprint density at radius 3 is 2.89 bits per heavy atom. The van der Waals surface area contributed by atoms with Crippen molar-refractivity contribution in [2.45, 2.75) is 6.92 Å². The van der Waals surface area contributed by atoms with E-state index in [9.17, 15) is 4.79 Å². The Morgan fingerprint density at radius 1 is 1.25 bits per heavy atom. The van der Waals surface area contributed by atoms with E-state index in [1.54, 1.807) is 10.9 Å². The summed E-state index contributed by atoms with van der Waals surface area (Å²) < 4.78 is 1.74. The molecule has 0 saturated heterocycles. The SMILES string of the molecule is C#Cc1cccc(-c2cc(-n3cccn3)c3nc(NC(=O)NCC)[nH]c3c2)c1. The smallest absolute Gasteiger partial charge is 0.321 e. The van der Waals surface area contributed by atoms with Crippen LogP contribution in [0.5, 0.6) is 0 Å². The summed E-state index contributed by atoms with van der Waals surface area (Å²) in [6, 6.07) is 13.3. The molecule has 7 heteroatoms. The number of carbonyl (C=O) groups is 1. The standard InChI is InChI=1S/C21H18N6O/c1-3-14-7-5-8-15(11-14)16-12-17-19(18(13-16)27-10-6-9-23-27)25-20(24-17)26-21(28)22-4-2/h1,5-13H,4H2,2H3,(H3,22,24,25,26,28). The van der Waals surface area contributed by atoms with E-state index in [0.29, 0.717) is 18.0 Å². The quantitative estimate of drug-likeness (QED) is 0.480. The van der Waals surface area contributed by atoms with Crippen molar-refractivity contribution in [1.29, 1.82) is 0 Å². The number of nitrogens with one attached hydrogen (secondary N) is 3. The second-order valence-electron chi connectivity index (χ2n) is 6.14. The Kier molecular flexibility index (Phi) is 4.52. The Labute approximate surface area is 161 Å². The summed E-state index contributed by atoms with van der Waals surface area (Å²) in [5.74, 6) is 3.03. The number of fused-ring (bicyclic) bond motifs is 1. The molecule has 0 saturated carbocycles. The number of anilines is 1. The van der Waals surface area contributed by atoms with Crippen LogP contribution in [-0.4, -0.2) is 32.3 Å². The Balaban J connectivity index is 1.86. The fraction of sp³-hybridized carbons (Fsp3) is 0.0952. The van der Waals surface area contributed by atoms with Gasteiger partial charge in [-0.05, 0) is 48.4 Å². The van der Waals surface area contributed by atoms with Gasteiger partial charge in [0.05, 0.1) is 11.2 Å². The maximum absolute atomic E-state index is 11.8. The average molecular weight is 370 g/mol. The van der Waals surface area contributed by atoms with Gasteiger partial charge in [-0.2, -0.15) is 5.10 Å². The number of hydrogen-bond acceptors (Lipinski definition) is 3. The lowest BCUT2D eigenvalue weighted by atomic mass is 10.0. The normalized spacial score (nSPS) is 10.6. The van der Waals surface area contributed by atoms with E-state index in [-0.39, 0.29) is 6.03 Å². The van der Waals surface area contributed by atoms with Crippen LogP contribution in [0, 0.1) is 12.3 Å². The van der Waals surface area contributed by atoms with E-state index in [4.69, 9.17) is 6.42 Å². The van der Waals surface area contributed by atoms with Crippen molar-refractivity contribution in [3.05, 3.63) is 60.4 Å². The topological polar surface area (TPSA) is 87.6 Å². The average Bonchev–Trinajstić information content (AvgIpc) is 3.37. The van der Waals surface area contributed by atoms with Crippen molar-refractivity contribution in [1.82, 2.24) is 25.1 Å². The summed E-state index contributed by atoms with van der Waals surface area (Å²) in [4.78, 5) is 19.5. The lowest BCUT2D eigenvalue weighted by Crippen LogP contribution is -2.28. The number of hydrogen-bond donors (Lipinski definition) is 3. The second kappa shape index (κ2) is 7.29. The van der Waals surface area contributed by atoms with Crippen molar-refractivity contribution in [2.24, 2.45) is 0 Å². The van der Waals surface area contributed by atoms with E-state index in [1.165, 1.54) is 0 Å². The monoisotopic (exact) mass is 370 g/mol. The summed E-state index contributed by atoms with van der Waals surface area (Å²) >= 11 is 0. The first-order chi connectivity index (χ1) is 13.7. The first-order valence-corrected chi connectivity index (χ1v) is 8.83. The van der Waals surface area contributed by atoms with Gasteiger partial charge in [0.15, 0.2) is 0 Å². The Hall–Kier alpha value is -4.05. The predicted octanol–water partition coefficient (Wildman–Crippen LogP) is 3.54. The van der Waals surface area contributed by atoms with Gasteiger partial charge in [-0.15, -0.1) is 6.42 Å². The molecule has 0 atom stereocenters. The van der Waals surface area contributed by atoms with Crippen molar-refractivity contribution < 1.29 is 4.79 Å². The molecule has 0 aliphatic heterocycles. The molecule has 0 bridgehead atoms. The van der Waals surface area contributed by atoms with Crippen molar-refractivity contribution >= 4 is 23.0 Å². The molecule has 0 aliphatic rings. The largest absolute Gasteiger partial charge is 0.338 e. The number of H-pyrrole nitrogens is 1. The van der Waals surface area contributed by atoms with Gasteiger partial charge in [0.25, 0.3) is 0 Å². The molecule has 4 rings (SSSR count). The van der Waals surface area contributed by atoms with E-state index in [1.807, 2.05) is 55.6 Å². The highest BCUT2D eigenvalue weighted by atomic mass is 16.2. The number of nitrogens with zero attached hydrogens (tertiary/aromatic N) is 3. The molecule has 0 fully saturated rings. The molecule has 0 aliphatic carbocycles. The predicted molar refractivity (Wildman–Crippen MR) is 109 cm³/mol. The molecule has 0 radical (unpaired) electrons. The Bertz CT molecular complexity index is 1180. The van der Waals surface area contributed by atoms with E-state index in [0.717, 1.165) is 27.9 Å². The third-order valence-corrected chi connectivity index (χ3v) is 4.25. The highest BCUT2D eigenvalue weighted by molar-refractivity contribution is 5.94. The van der Waals surface area contributed by atoms with Crippen LogP contribution in [0.1, 0.15) is 12.5 Å². The summed E-state index contributed by atoms with van der Waals surface area (Å²) in [5.41, 5.74) is 5.03. The third-order valence-electron chi connectivity index (χ3n) is 4.25. The number of benzene rings is 2. The summed E-state index contributed by atoms with van der Waals surface area (Å²) in [6.45, 7) is 2.38. The molecule has 3 N–H and O–H groups in total. The summed E-state index contributed by atoms with van der Waals surface area (Å²) in [7, 11) is 0. The zero-order valence-electron chi connectivity index (χ0n) is 15.2. The number of carbonyl (C=O) groups excluding carboxylic acids is 1. The molecule has 2 heterocycles. The maximum atomic E-state index is 11.8. The zero-order chi connectivity index (χ0) is 19.5. The minimum absolute atomic E-state index is 0.316. The molecule has 0 spiro atoms. The first kappa shape index (κ1) is 17.4. The minimum atomic E-state index is -0.316. The molecule has 2 aromatic heterocycles. The van der Waals surface area contributed by atoms with Gasteiger partial charge < -0.3 is 10.3 Å².